The summed E-state index contributed by atoms with van der Waals surface area (Å²) in [4.78, 5) is 10.4. The molecular formula is C13H18BrNO3. The molecule has 5 heteroatoms. The summed E-state index contributed by atoms with van der Waals surface area (Å²) in [6.07, 6.45) is 2.39. The van der Waals surface area contributed by atoms with Gasteiger partial charge >= 0.3 is 5.97 Å². The molecule has 0 spiro atoms. The first-order valence-corrected chi connectivity index (χ1v) is 6.64. The van der Waals surface area contributed by atoms with Crippen molar-refractivity contribution in [1.82, 2.24) is 0 Å². The lowest BCUT2D eigenvalue weighted by Gasteiger charge is -2.15. The average Bonchev–Trinajstić information content (AvgIpc) is 2.34. The maximum Gasteiger partial charge on any atom is 0.303 e. The minimum Gasteiger partial charge on any atom is -0.496 e. The predicted octanol–water partition coefficient (Wildman–Crippen LogP) is 3.10. The van der Waals surface area contributed by atoms with Gasteiger partial charge in [0.2, 0.25) is 0 Å². The number of ether oxygens (including phenoxy) is 1. The van der Waals surface area contributed by atoms with E-state index in [9.17, 15) is 4.79 Å². The number of carbonyl (C=O) groups is 1. The van der Waals surface area contributed by atoms with Gasteiger partial charge in [-0.1, -0.05) is 22.4 Å². The summed E-state index contributed by atoms with van der Waals surface area (Å²) in [6.45, 7) is 0. The summed E-state index contributed by atoms with van der Waals surface area (Å²) >= 11 is 3.41. The van der Waals surface area contributed by atoms with Crippen molar-refractivity contribution in [3.63, 3.8) is 0 Å². The monoisotopic (exact) mass is 315 g/mol. The van der Waals surface area contributed by atoms with Crippen molar-refractivity contribution in [3.05, 3.63) is 28.2 Å². The normalized spacial score (nSPS) is 12.2. The number of carboxylic acids is 1. The van der Waals surface area contributed by atoms with Crippen LogP contribution in [0.3, 0.4) is 0 Å². The Kier molecular flexibility index (Phi) is 6.15. The zero-order valence-corrected chi connectivity index (χ0v) is 11.9. The van der Waals surface area contributed by atoms with Crippen LogP contribution in [0.15, 0.2) is 22.7 Å². The van der Waals surface area contributed by atoms with E-state index in [2.05, 4.69) is 15.9 Å². The Labute approximate surface area is 115 Å². The van der Waals surface area contributed by atoms with Gasteiger partial charge in [0.1, 0.15) is 5.75 Å². The van der Waals surface area contributed by atoms with E-state index < -0.39 is 5.97 Å². The Morgan fingerprint density at radius 1 is 1.50 bits per heavy atom. The molecule has 0 heterocycles. The highest BCUT2D eigenvalue weighted by atomic mass is 79.9. The predicted molar refractivity (Wildman–Crippen MR) is 73.7 cm³/mol. The first kappa shape index (κ1) is 15.0. The molecule has 1 aromatic rings. The minimum atomic E-state index is -0.761. The third kappa shape index (κ3) is 4.66. The molecule has 0 bridgehead atoms. The second-order valence-electron chi connectivity index (χ2n) is 4.13. The fraction of sp³-hybridized carbons (Fsp3) is 0.462. The van der Waals surface area contributed by atoms with E-state index in [1.165, 1.54) is 0 Å². The van der Waals surface area contributed by atoms with Crippen LogP contribution in [0.5, 0.6) is 5.75 Å². The zero-order chi connectivity index (χ0) is 13.5. The van der Waals surface area contributed by atoms with Gasteiger partial charge in [0, 0.05) is 22.5 Å². The van der Waals surface area contributed by atoms with Crippen LogP contribution in [0.1, 0.15) is 37.3 Å². The van der Waals surface area contributed by atoms with Crippen molar-refractivity contribution in [1.29, 1.82) is 0 Å². The van der Waals surface area contributed by atoms with Gasteiger partial charge in [-0.25, -0.2) is 0 Å². The minimum absolute atomic E-state index is 0.133. The lowest BCUT2D eigenvalue weighted by molar-refractivity contribution is -0.137. The molecule has 0 aliphatic heterocycles. The van der Waals surface area contributed by atoms with Gasteiger partial charge in [-0.15, -0.1) is 0 Å². The second kappa shape index (κ2) is 7.38. The molecule has 0 aromatic heterocycles. The second-order valence-corrected chi connectivity index (χ2v) is 5.05. The van der Waals surface area contributed by atoms with Crippen LogP contribution in [0, 0.1) is 0 Å². The third-order valence-corrected chi connectivity index (χ3v) is 3.24. The van der Waals surface area contributed by atoms with Gasteiger partial charge in [-0.05, 0) is 31.0 Å². The Hall–Kier alpha value is -1.07. The summed E-state index contributed by atoms with van der Waals surface area (Å²) in [5.74, 6) is 0.00698. The Bertz CT molecular complexity index is 409. The molecule has 0 aliphatic carbocycles. The maximum atomic E-state index is 10.4. The number of halogens is 1. The molecule has 100 valence electrons. The molecule has 1 atom stereocenters. The molecule has 1 unspecified atom stereocenters. The van der Waals surface area contributed by atoms with Crippen molar-refractivity contribution in [2.45, 2.75) is 31.7 Å². The van der Waals surface area contributed by atoms with E-state index in [-0.39, 0.29) is 12.5 Å². The van der Waals surface area contributed by atoms with E-state index >= 15 is 0 Å². The van der Waals surface area contributed by atoms with Crippen LogP contribution in [0.2, 0.25) is 0 Å². The topological polar surface area (TPSA) is 72.5 Å². The van der Waals surface area contributed by atoms with E-state index in [1.54, 1.807) is 7.11 Å². The smallest absolute Gasteiger partial charge is 0.303 e. The number of methoxy groups -OCH3 is 1. The van der Waals surface area contributed by atoms with Crippen LogP contribution in [-0.2, 0) is 4.79 Å². The van der Waals surface area contributed by atoms with Crippen LogP contribution >= 0.6 is 15.9 Å². The number of hydrogen-bond donors (Lipinski definition) is 2. The molecule has 0 fully saturated rings. The Balaban J connectivity index is 2.57. The molecule has 18 heavy (non-hydrogen) atoms. The standard InChI is InChI=1S/C13H18BrNO3/c1-18-12-7-6-9(14)8-10(12)11(15)4-2-3-5-13(16)17/h6-8,11H,2-5,15H2,1H3,(H,16,17). The maximum absolute atomic E-state index is 10.4. The molecule has 1 rings (SSSR count). The lowest BCUT2D eigenvalue weighted by atomic mass is 10.0. The fourth-order valence-corrected chi connectivity index (χ4v) is 2.17. The highest BCUT2D eigenvalue weighted by Gasteiger charge is 2.12. The molecule has 1 aromatic carbocycles. The Morgan fingerprint density at radius 3 is 2.83 bits per heavy atom. The largest absolute Gasteiger partial charge is 0.496 e. The molecule has 0 radical (unpaired) electrons. The number of nitrogens with two attached hydrogens (primary N) is 1. The van der Waals surface area contributed by atoms with Gasteiger partial charge in [0.25, 0.3) is 0 Å². The molecule has 0 amide bonds. The van der Waals surface area contributed by atoms with Gasteiger partial charge in [0.15, 0.2) is 0 Å². The van der Waals surface area contributed by atoms with Crippen LogP contribution < -0.4 is 10.5 Å². The highest BCUT2D eigenvalue weighted by molar-refractivity contribution is 9.10. The van der Waals surface area contributed by atoms with E-state index in [0.29, 0.717) is 6.42 Å². The van der Waals surface area contributed by atoms with Gasteiger partial charge in [-0.2, -0.15) is 0 Å². The van der Waals surface area contributed by atoms with Crippen LogP contribution in [-0.4, -0.2) is 18.2 Å². The number of unbranched alkanes of at least 4 members (excludes halogenated alkanes) is 1. The number of hydrogen-bond acceptors (Lipinski definition) is 3. The molecule has 0 saturated heterocycles. The highest BCUT2D eigenvalue weighted by Crippen LogP contribution is 2.29. The molecule has 0 aliphatic rings. The van der Waals surface area contributed by atoms with Crippen LogP contribution in [0.25, 0.3) is 0 Å². The summed E-state index contributed by atoms with van der Waals surface area (Å²) in [6, 6.07) is 5.59. The first-order chi connectivity index (χ1) is 8.54. The number of rotatable bonds is 7. The van der Waals surface area contributed by atoms with Crippen molar-refractivity contribution < 1.29 is 14.6 Å². The quantitative estimate of drug-likeness (QED) is 0.758. The van der Waals surface area contributed by atoms with Crippen molar-refractivity contribution >= 4 is 21.9 Å². The lowest BCUT2D eigenvalue weighted by Crippen LogP contribution is -2.11. The third-order valence-electron chi connectivity index (χ3n) is 2.75. The van der Waals surface area contributed by atoms with Gasteiger partial charge in [-0.3, -0.25) is 4.79 Å². The molecule has 0 saturated carbocycles. The number of aliphatic carboxylic acids is 1. The number of carboxylic acid groups (broad SMARTS) is 1. The van der Waals surface area contributed by atoms with E-state index in [0.717, 1.165) is 28.6 Å². The van der Waals surface area contributed by atoms with Gasteiger partial charge < -0.3 is 15.6 Å². The molecular weight excluding hydrogens is 298 g/mol. The van der Waals surface area contributed by atoms with Crippen molar-refractivity contribution in [2.24, 2.45) is 5.73 Å². The van der Waals surface area contributed by atoms with E-state index in [1.807, 2.05) is 18.2 Å². The first-order valence-electron chi connectivity index (χ1n) is 5.85. The van der Waals surface area contributed by atoms with Crippen molar-refractivity contribution in [2.75, 3.05) is 7.11 Å². The van der Waals surface area contributed by atoms with Crippen LogP contribution in [0.4, 0.5) is 0 Å². The number of benzene rings is 1. The van der Waals surface area contributed by atoms with E-state index in [4.69, 9.17) is 15.6 Å². The fourth-order valence-electron chi connectivity index (χ4n) is 1.79. The molecule has 3 N–H and O–H groups in total. The van der Waals surface area contributed by atoms with Crippen molar-refractivity contribution in [3.8, 4) is 5.75 Å². The summed E-state index contributed by atoms with van der Waals surface area (Å²) in [5.41, 5.74) is 7.06. The summed E-state index contributed by atoms with van der Waals surface area (Å²) in [5, 5.41) is 8.56. The average molecular weight is 316 g/mol. The summed E-state index contributed by atoms with van der Waals surface area (Å²) < 4.78 is 6.23. The zero-order valence-electron chi connectivity index (χ0n) is 10.4. The summed E-state index contributed by atoms with van der Waals surface area (Å²) in [7, 11) is 1.61. The van der Waals surface area contributed by atoms with Gasteiger partial charge in [0.05, 0.1) is 7.11 Å². The Morgan fingerprint density at radius 2 is 2.22 bits per heavy atom. The molecule has 4 nitrogen and oxygen atoms in total. The SMILES string of the molecule is COc1ccc(Br)cc1C(N)CCCCC(=O)O.